The molecule has 0 aliphatic rings. The zero-order chi connectivity index (χ0) is 10.6. The van der Waals surface area contributed by atoms with E-state index < -0.39 is 0 Å². The molecule has 3 N–H and O–H groups in total. The molecule has 0 unspecified atom stereocenters. The number of hydrogen-bond acceptors (Lipinski definition) is 2. The summed E-state index contributed by atoms with van der Waals surface area (Å²) in [5.74, 6) is 7.61. The van der Waals surface area contributed by atoms with Gasteiger partial charge in [-0.1, -0.05) is 34.6 Å². The topological polar surface area (TPSA) is 38.0 Å². The number of rotatable bonds is 5. The molecule has 0 heterocycles. The van der Waals surface area contributed by atoms with Gasteiger partial charge >= 0.3 is 0 Å². The molecule has 0 aliphatic carbocycles. The Bertz CT molecular complexity index is 143. The molecule has 0 rings (SSSR count). The highest BCUT2D eigenvalue weighted by molar-refractivity contribution is 4.86. The maximum atomic E-state index is 5.61. The monoisotopic (exact) mass is 186 g/mol. The van der Waals surface area contributed by atoms with Crippen LogP contribution in [0.15, 0.2) is 0 Å². The molecule has 2 heteroatoms. The molecule has 80 valence electrons. The molecule has 0 aromatic carbocycles. The van der Waals surface area contributed by atoms with Crippen LogP contribution in [0, 0.1) is 17.8 Å². The highest BCUT2D eigenvalue weighted by Gasteiger charge is 2.29. The summed E-state index contributed by atoms with van der Waals surface area (Å²) in [5, 5.41) is 0. The van der Waals surface area contributed by atoms with Gasteiger partial charge in [-0.05, 0) is 31.1 Å². The van der Waals surface area contributed by atoms with Gasteiger partial charge in [0.15, 0.2) is 0 Å². The standard InChI is InChI=1S/C11H26N2/c1-8(2)10(5)7-11(6,13-12)9(3)4/h8-10,13H,7,12H2,1-6H3/t10-,11+/m1/s1. The first-order valence-electron chi connectivity index (χ1n) is 5.31. The van der Waals surface area contributed by atoms with E-state index in [9.17, 15) is 0 Å². The Kier molecular flexibility index (Phi) is 4.93. The highest BCUT2D eigenvalue weighted by atomic mass is 15.3. The van der Waals surface area contributed by atoms with Gasteiger partial charge in [-0.3, -0.25) is 11.3 Å². The van der Waals surface area contributed by atoms with Crippen molar-refractivity contribution in [1.82, 2.24) is 5.43 Å². The van der Waals surface area contributed by atoms with E-state index in [2.05, 4.69) is 47.0 Å². The van der Waals surface area contributed by atoms with Gasteiger partial charge in [-0.2, -0.15) is 0 Å². The minimum Gasteiger partial charge on any atom is -0.271 e. The van der Waals surface area contributed by atoms with Crippen LogP contribution in [0.2, 0.25) is 0 Å². The Hall–Kier alpha value is -0.0800. The zero-order valence-electron chi connectivity index (χ0n) is 10.0. The Labute approximate surface area is 83.2 Å². The summed E-state index contributed by atoms with van der Waals surface area (Å²) in [6.07, 6.45) is 1.14. The first-order valence-corrected chi connectivity index (χ1v) is 5.31. The lowest BCUT2D eigenvalue weighted by Gasteiger charge is -2.36. The molecule has 0 amide bonds. The van der Waals surface area contributed by atoms with Crippen LogP contribution < -0.4 is 11.3 Å². The maximum absolute atomic E-state index is 5.61. The predicted molar refractivity (Wildman–Crippen MR) is 59.2 cm³/mol. The largest absolute Gasteiger partial charge is 0.271 e. The summed E-state index contributed by atoms with van der Waals surface area (Å²) in [5.41, 5.74) is 3.04. The fraction of sp³-hybridized carbons (Fsp3) is 1.00. The van der Waals surface area contributed by atoms with Gasteiger partial charge < -0.3 is 0 Å². The van der Waals surface area contributed by atoms with E-state index in [4.69, 9.17) is 5.84 Å². The first-order chi connectivity index (χ1) is 5.83. The van der Waals surface area contributed by atoms with E-state index in [-0.39, 0.29) is 5.54 Å². The number of hydrogen-bond donors (Lipinski definition) is 2. The summed E-state index contributed by atoms with van der Waals surface area (Å²) < 4.78 is 0. The average Bonchev–Trinajstić information content (AvgIpc) is 2.03. The second-order valence-corrected chi connectivity index (χ2v) is 5.14. The predicted octanol–water partition coefficient (Wildman–Crippen LogP) is 2.55. The van der Waals surface area contributed by atoms with Gasteiger partial charge in [-0.15, -0.1) is 0 Å². The van der Waals surface area contributed by atoms with Gasteiger partial charge in [0.1, 0.15) is 0 Å². The van der Waals surface area contributed by atoms with Crippen LogP contribution in [0.3, 0.4) is 0 Å². The van der Waals surface area contributed by atoms with Gasteiger partial charge in [0.05, 0.1) is 0 Å². The second kappa shape index (κ2) is 4.97. The minimum absolute atomic E-state index is 0.0731. The van der Waals surface area contributed by atoms with Crippen LogP contribution in [0.4, 0.5) is 0 Å². The molecule has 0 aromatic heterocycles. The number of hydrazine groups is 1. The average molecular weight is 186 g/mol. The fourth-order valence-corrected chi connectivity index (χ4v) is 1.37. The van der Waals surface area contributed by atoms with Crippen molar-refractivity contribution in [1.29, 1.82) is 0 Å². The summed E-state index contributed by atoms with van der Waals surface area (Å²) >= 11 is 0. The molecular formula is C11H26N2. The van der Waals surface area contributed by atoms with E-state index in [1.807, 2.05) is 0 Å². The molecular weight excluding hydrogens is 160 g/mol. The second-order valence-electron chi connectivity index (χ2n) is 5.14. The molecule has 13 heavy (non-hydrogen) atoms. The molecule has 2 nitrogen and oxygen atoms in total. The van der Waals surface area contributed by atoms with E-state index in [1.165, 1.54) is 0 Å². The third-order valence-electron chi connectivity index (χ3n) is 3.49. The molecule has 0 aliphatic heterocycles. The summed E-state index contributed by atoms with van der Waals surface area (Å²) in [6.45, 7) is 13.5. The van der Waals surface area contributed by atoms with Crippen molar-refractivity contribution in [3.63, 3.8) is 0 Å². The van der Waals surface area contributed by atoms with Crippen LogP contribution in [-0.2, 0) is 0 Å². The van der Waals surface area contributed by atoms with E-state index in [0.29, 0.717) is 11.8 Å². The van der Waals surface area contributed by atoms with Crippen molar-refractivity contribution in [2.24, 2.45) is 23.6 Å². The molecule has 2 atom stereocenters. The Morgan fingerprint density at radius 2 is 1.62 bits per heavy atom. The van der Waals surface area contributed by atoms with Gasteiger partial charge in [0, 0.05) is 5.54 Å². The Balaban J connectivity index is 4.27. The molecule has 0 aromatic rings. The first kappa shape index (κ1) is 12.9. The van der Waals surface area contributed by atoms with E-state index in [0.717, 1.165) is 12.3 Å². The van der Waals surface area contributed by atoms with Crippen LogP contribution in [0.25, 0.3) is 0 Å². The van der Waals surface area contributed by atoms with E-state index in [1.54, 1.807) is 0 Å². The Morgan fingerprint density at radius 1 is 1.15 bits per heavy atom. The van der Waals surface area contributed by atoms with E-state index >= 15 is 0 Å². The third-order valence-corrected chi connectivity index (χ3v) is 3.49. The van der Waals surface area contributed by atoms with Crippen LogP contribution in [0.5, 0.6) is 0 Å². The smallest absolute Gasteiger partial charge is 0.0318 e. The van der Waals surface area contributed by atoms with Crippen molar-refractivity contribution >= 4 is 0 Å². The normalized spacial score (nSPS) is 19.2. The highest BCUT2D eigenvalue weighted by Crippen LogP contribution is 2.27. The Morgan fingerprint density at radius 3 is 1.85 bits per heavy atom. The molecule has 0 spiro atoms. The van der Waals surface area contributed by atoms with Crippen LogP contribution in [0.1, 0.15) is 48.0 Å². The maximum Gasteiger partial charge on any atom is 0.0318 e. The van der Waals surface area contributed by atoms with Crippen molar-refractivity contribution in [3.05, 3.63) is 0 Å². The zero-order valence-corrected chi connectivity index (χ0v) is 10.0. The van der Waals surface area contributed by atoms with Crippen molar-refractivity contribution in [2.45, 2.75) is 53.5 Å². The van der Waals surface area contributed by atoms with Gasteiger partial charge in [-0.25, -0.2) is 0 Å². The SMILES string of the molecule is CC(C)[C@H](C)C[C@](C)(NN)C(C)C. The quantitative estimate of drug-likeness (QED) is 0.511. The lowest BCUT2D eigenvalue weighted by atomic mass is 9.78. The summed E-state index contributed by atoms with van der Waals surface area (Å²) in [6, 6.07) is 0. The van der Waals surface area contributed by atoms with Gasteiger partial charge in [0.2, 0.25) is 0 Å². The third kappa shape index (κ3) is 3.65. The summed E-state index contributed by atoms with van der Waals surface area (Å²) in [7, 11) is 0. The van der Waals surface area contributed by atoms with Crippen molar-refractivity contribution in [2.75, 3.05) is 0 Å². The molecule has 0 fully saturated rings. The van der Waals surface area contributed by atoms with Crippen LogP contribution >= 0.6 is 0 Å². The van der Waals surface area contributed by atoms with Crippen LogP contribution in [-0.4, -0.2) is 5.54 Å². The fourth-order valence-electron chi connectivity index (χ4n) is 1.37. The van der Waals surface area contributed by atoms with Crippen molar-refractivity contribution < 1.29 is 0 Å². The molecule has 0 saturated carbocycles. The molecule has 0 radical (unpaired) electrons. The lowest BCUT2D eigenvalue weighted by Crippen LogP contribution is -2.52. The summed E-state index contributed by atoms with van der Waals surface area (Å²) in [4.78, 5) is 0. The molecule has 0 bridgehead atoms. The molecule has 0 saturated heterocycles. The van der Waals surface area contributed by atoms with Gasteiger partial charge in [0.25, 0.3) is 0 Å². The lowest BCUT2D eigenvalue weighted by molar-refractivity contribution is 0.191. The number of nitrogens with two attached hydrogens (primary N) is 1. The minimum atomic E-state index is 0.0731. The van der Waals surface area contributed by atoms with Crippen molar-refractivity contribution in [3.8, 4) is 0 Å². The number of nitrogens with one attached hydrogen (secondary N) is 1.